The van der Waals surface area contributed by atoms with Gasteiger partial charge in [-0.15, -0.1) is 0 Å². The molecule has 1 aliphatic carbocycles. The summed E-state index contributed by atoms with van der Waals surface area (Å²) < 4.78 is 0. The summed E-state index contributed by atoms with van der Waals surface area (Å²) >= 11 is 0. The lowest BCUT2D eigenvalue weighted by Crippen LogP contribution is -2.44. The van der Waals surface area contributed by atoms with E-state index in [1.54, 1.807) is 0 Å². The summed E-state index contributed by atoms with van der Waals surface area (Å²) in [6, 6.07) is 0.695. The number of piperidine rings is 1. The molecule has 0 spiro atoms. The van der Waals surface area contributed by atoms with Crippen LogP contribution in [0.15, 0.2) is 0 Å². The molecule has 2 heteroatoms. The minimum atomic E-state index is 0.620. The van der Waals surface area contributed by atoms with Crippen LogP contribution in [0.4, 0.5) is 0 Å². The smallest absolute Gasteiger partial charge is 0.00793 e. The molecule has 1 saturated heterocycles. The van der Waals surface area contributed by atoms with Crippen LogP contribution < -0.4 is 5.32 Å². The van der Waals surface area contributed by atoms with Crippen LogP contribution in [0.1, 0.15) is 47.0 Å². The molecule has 1 saturated carbocycles. The molecule has 1 heterocycles. The summed E-state index contributed by atoms with van der Waals surface area (Å²) in [5, 5.41) is 3.79. The molecule has 0 aromatic rings. The Hall–Kier alpha value is -0.0800. The zero-order chi connectivity index (χ0) is 12.5. The third kappa shape index (κ3) is 3.45. The molecule has 1 aliphatic heterocycles. The van der Waals surface area contributed by atoms with Gasteiger partial charge in [0.2, 0.25) is 0 Å². The molecule has 2 aliphatic rings. The average Bonchev–Trinajstić information content (AvgIpc) is 2.94. The predicted octanol–water partition coefficient (Wildman–Crippen LogP) is 2.74. The lowest BCUT2D eigenvalue weighted by Gasteiger charge is -2.35. The molecule has 0 aromatic heterocycles. The summed E-state index contributed by atoms with van der Waals surface area (Å²) in [7, 11) is 0. The second-order valence-electron chi connectivity index (χ2n) is 6.88. The first kappa shape index (κ1) is 13.4. The Morgan fingerprint density at radius 2 is 2.12 bits per heavy atom. The second kappa shape index (κ2) is 5.27. The summed E-state index contributed by atoms with van der Waals surface area (Å²) in [4.78, 5) is 2.60. The van der Waals surface area contributed by atoms with Crippen molar-refractivity contribution >= 4 is 0 Å². The van der Waals surface area contributed by atoms with Gasteiger partial charge in [-0.1, -0.05) is 20.8 Å². The van der Waals surface area contributed by atoms with Gasteiger partial charge in [0.05, 0.1) is 0 Å². The van der Waals surface area contributed by atoms with Crippen LogP contribution in [0.25, 0.3) is 0 Å². The standard InChI is InChI=1S/C15H30N2/c1-5-17-8-6-7-13(11-17)12(2)16-10-14-9-15(14,3)4/h12-14,16H,5-11H2,1-4H3. The van der Waals surface area contributed by atoms with Crippen LogP contribution in [0.5, 0.6) is 0 Å². The number of rotatable bonds is 5. The van der Waals surface area contributed by atoms with Crippen LogP contribution in [0.2, 0.25) is 0 Å². The Morgan fingerprint density at radius 3 is 2.71 bits per heavy atom. The van der Waals surface area contributed by atoms with E-state index >= 15 is 0 Å². The molecule has 0 aromatic carbocycles. The molecular weight excluding hydrogens is 208 g/mol. The van der Waals surface area contributed by atoms with Crippen LogP contribution in [-0.2, 0) is 0 Å². The number of likely N-dealkylation sites (tertiary alicyclic amines) is 1. The van der Waals surface area contributed by atoms with Gasteiger partial charge in [0, 0.05) is 12.6 Å². The van der Waals surface area contributed by atoms with E-state index in [1.807, 2.05) is 0 Å². The Bertz CT molecular complexity index is 249. The first-order valence-corrected chi connectivity index (χ1v) is 7.48. The van der Waals surface area contributed by atoms with Crippen molar-refractivity contribution in [1.29, 1.82) is 0 Å². The van der Waals surface area contributed by atoms with Crippen LogP contribution >= 0.6 is 0 Å². The summed E-state index contributed by atoms with van der Waals surface area (Å²) in [5.74, 6) is 1.79. The molecule has 2 nitrogen and oxygen atoms in total. The van der Waals surface area contributed by atoms with E-state index in [1.165, 1.54) is 45.4 Å². The molecule has 3 atom stereocenters. The SMILES string of the molecule is CCN1CCCC(C(C)NCC2CC2(C)C)C1. The fourth-order valence-electron chi connectivity index (χ4n) is 3.21. The lowest BCUT2D eigenvalue weighted by atomic mass is 9.91. The van der Waals surface area contributed by atoms with E-state index in [-0.39, 0.29) is 0 Å². The average molecular weight is 238 g/mol. The normalized spacial score (nSPS) is 34.6. The summed E-state index contributed by atoms with van der Waals surface area (Å²) in [6.45, 7) is 14.5. The van der Waals surface area contributed by atoms with Crippen molar-refractivity contribution in [1.82, 2.24) is 10.2 Å². The van der Waals surface area contributed by atoms with Crippen molar-refractivity contribution < 1.29 is 0 Å². The fourth-order valence-corrected chi connectivity index (χ4v) is 3.21. The van der Waals surface area contributed by atoms with Crippen molar-refractivity contribution in [3.63, 3.8) is 0 Å². The molecule has 0 radical (unpaired) electrons. The fraction of sp³-hybridized carbons (Fsp3) is 1.00. The first-order chi connectivity index (χ1) is 8.03. The number of hydrogen-bond acceptors (Lipinski definition) is 2. The number of nitrogens with one attached hydrogen (secondary N) is 1. The third-order valence-electron chi connectivity index (χ3n) is 5.10. The van der Waals surface area contributed by atoms with Crippen LogP contribution in [-0.4, -0.2) is 37.1 Å². The van der Waals surface area contributed by atoms with E-state index in [4.69, 9.17) is 0 Å². The lowest BCUT2D eigenvalue weighted by molar-refractivity contribution is 0.156. The van der Waals surface area contributed by atoms with Gasteiger partial charge in [0.25, 0.3) is 0 Å². The van der Waals surface area contributed by atoms with E-state index in [2.05, 4.69) is 37.9 Å². The zero-order valence-electron chi connectivity index (χ0n) is 12.1. The Labute approximate surface area is 107 Å². The van der Waals surface area contributed by atoms with Gasteiger partial charge in [-0.25, -0.2) is 0 Å². The molecule has 2 rings (SSSR count). The van der Waals surface area contributed by atoms with Crippen molar-refractivity contribution in [2.24, 2.45) is 17.3 Å². The summed E-state index contributed by atoms with van der Waals surface area (Å²) in [5.41, 5.74) is 0.620. The van der Waals surface area contributed by atoms with Crippen molar-refractivity contribution in [3.05, 3.63) is 0 Å². The highest BCUT2D eigenvalue weighted by molar-refractivity contribution is 4.96. The summed E-state index contributed by atoms with van der Waals surface area (Å²) in [6.07, 6.45) is 4.22. The topological polar surface area (TPSA) is 15.3 Å². The van der Waals surface area contributed by atoms with Gasteiger partial charge in [-0.05, 0) is 63.1 Å². The molecule has 17 heavy (non-hydrogen) atoms. The van der Waals surface area contributed by atoms with E-state index in [9.17, 15) is 0 Å². The molecule has 1 N–H and O–H groups in total. The molecule has 0 amide bonds. The Morgan fingerprint density at radius 1 is 1.41 bits per heavy atom. The van der Waals surface area contributed by atoms with Crippen molar-refractivity contribution in [2.45, 2.75) is 53.0 Å². The minimum Gasteiger partial charge on any atom is -0.314 e. The number of hydrogen-bond donors (Lipinski definition) is 1. The third-order valence-corrected chi connectivity index (χ3v) is 5.10. The zero-order valence-corrected chi connectivity index (χ0v) is 12.1. The molecule has 100 valence electrons. The van der Waals surface area contributed by atoms with E-state index in [0.29, 0.717) is 11.5 Å². The minimum absolute atomic E-state index is 0.620. The van der Waals surface area contributed by atoms with E-state index in [0.717, 1.165) is 11.8 Å². The van der Waals surface area contributed by atoms with Gasteiger partial charge in [0.1, 0.15) is 0 Å². The van der Waals surface area contributed by atoms with Crippen LogP contribution in [0, 0.1) is 17.3 Å². The molecular formula is C15H30N2. The molecule has 3 unspecified atom stereocenters. The van der Waals surface area contributed by atoms with Gasteiger partial charge in [-0.2, -0.15) is 0 Å². The quantitative estimate of drug-likeness (QED) is 0.792. The van der Waals surface area contributed by atoms with Gasteiger partial charge >= 0.3 is 0 Å². The first-order valence-electron chi connectivity index (χ1n) is 7.48. The highest BCUT2D eigenvalue weighted by atomic mass is 15.1. The second-order valence-corrected chi connectivity index (χ2v) is 6.88. The maximum absolute atomic E-state index is 3.79. The van der Waals surface area contributed by atoms with Gasteiger partial charge in [0.15, 0.2) is 0 Å². The molecule has 0 bridgehead atoms. The Balaban J connectivity index is 1.70. The number of nitrogens with zero attached hydrogens (tertiary/aromatic N) is 1. The largest absolute Gasteiger partial charge is 0.314 e. The van der Waals surface area contributed by atoms with Crippen molar-refractivity contribution in [3.8, 4) is 0 Å². The highest BCUT2D eigenvalue weighted by Gasteiger charge is 2.45. The Kier molecular flexibility index (Phi) is 4.14. The van der Waals surface area contributed by atoms with Crippen molar-refractivity contribution in [2.75, 3.05) is 26.2 Å². The van der Waals surface area contributed by atoms with Gasteiger partial charge in [-0.3, -0.25) is 0 Å². The maximum Gasteiger partial charge on any atom is 0.00793 e. The molecule has 2 fully saturated rings. The maximum atomic E-state index is 3.79. The predicted molar refractivity (Wildman–Crippen MR) is 74.2 cm³/mol. The van der Waals surface area contributed by atoms with Crippen LogP contribution in [0.3, 0.4) is 0 Å². The van der Waals surface area contributed by atoms with Gasteiger partial charge < -0.3 is 10.2 Å². The highest BCUT2D eigenvalue weighted by Crippen LogP contribution is 2.51. The monoisotopic (exact) mass is 238 g/mol. The van der Waals surface area contributed by atoms with E-state index < -0.39 is 0 Å².